The summed E-state index contributed by atoms with van der Waals surface area (Å²) in [6.45, 7) is 3.11. The molecule has 0 fully saturated rings. The van der Waals surface area contributed by atoms with Gasteiger partial charge in [-0.05, 0) is 32.0 Å². The van der Waals surface area contributed by atoms with Crippen molar-refractivity contribution in [2.45, 2.75) is 20.0 Å². The van der Waals surface area contributed by atoms with Gasteiger partial charge in [-0.3, -0.25) is 10.1 Å². The van der Waals surface area contributed by atoms with Crippen molar-refractivity contribution in [3.63, 3.8) is 0 Å². The lowest BCUT2D eigenvalue weighted by molar-refractivity contribution is 0.121. The first-order chi connectivity index (χ1) is 9.60. The highest BCUT2D eigenvalue weighted by atomic mass is 32.2. The average molecular weight is 318 g/mol. The van der Waals surface area contributed by atoms with Gasteiger partial charge in [0, 0.05) is 0 Å². The number of hydrogen-bond donors (Lipinski definition) is 4. The molecule has 10 heteroatoms. The Bertz CT molecular complexity index is 660. The van der Waals surface area contributed by atoms with Crippen LogP contribution in [-0.2, 0) is 14.9 Å². The molecular weight excluding hydrogens is 303 g/mol. The zero-order valence-electron chi connectivity index (χ0n) is 11.3. The van der Waals surface area contributed by atoms with Gasteiger partial charge in [0.15, 0.2) is 0 Å². The smallest absolute Gasteiger partial charge is 0.422 e. The van der Waals surface area contributed by atoms with E-state index < -0.39 is 34.1 Å². The fourth-order valence-corrected chi connectivity index (χ4v) is 2.08. The number of rotatable bonds is 5. The number of benzene rings is 1. The lowest BCUT2D eigenvalue weighted by Gasteiger charge is -2.12. The van der Waals surface area contributed by atoms with E-state index in [1.807, 2.05) is 4.72 Å². The van der Waals surface area contributed by atoms with E-state index in [1.54, 1.807) is 18.6 Å². The Morgan fingerprint density at radius 2 is 2.05 bits per heavy atom. The minimum absolute atomic E-state index is 0.0635. The molecule has 0 aliphatic rings. The summed E-state index contributed by atoms with van der Waals surface area (Å²) < 4.78 is 44.9. The molecule has 0 saturated heterocycles. The molecule has 1 amide bonds. The third kappa shape index (κ3) is 5.26. The molecular formula is C11H15FN4O4S. The Morgan fingerprint density at radius 3 is 2.57 bits per heavy atom. The van der Waals surface area contributed by atoms with Gasteiger partial charge in [0.05, 0.1) is 17.4 Å². The Labute approximate surface area is 121 Å². The Kier molecular flexibility index (Phi) is 5.08. The van der Waals surface area contributed by atoms with E-state index in [9.17, 15) is 17.6 Å². The van der Waals surface area contributed by atoms with E-state index in [0.29, 0.717) is 0 Å². The SMILES string of the molecule is CC(C)OC(=O)NS(=O)(=O)Nc1ccc(F)c(C(=N)N)c1. The van der Waals surface area contributed by atoms with Crippen LogP contribution in [0.5, 0.6) is 0 Å². The molecule has 116 valence electrons. The number of halogens is 1. The number of hydrogen-bond acceptors (Lipinski definition) is 5. The Morgan fingerprint density at radius 1 is 1.43 bits per heavy atom. The third-order valence-electron chi connectivity index (χ3n) is 2.07. The molecule has 1 aromatic rings. The number of ether oxygens (including phenoxy) is 1. The van der Waals surface area contributed by atoms with Crippen LogP contribution in [-0.4, -0.2) is 26.5 Å². The van der Waals surface area contributed by atoms with Crippen molar-refractivity contribution < 1.29 is 22.3 Å². The molecule has 0 aliphatic carbocycles. The molecule has 5 N–H and O–H groups in total. The van der Waals surface area contributed by atoms with Gasteiger partial charge in [0.1, 0.15) is 11.7 Å². The number of carbonyl (C=O) groups is 1. The summed E-state index contributed by atoms with van der Waals surface area (Å²) in [4.78, 5) is 11.2. The molecule has 0 radical (unpaired) electrons. The van der Waals surface area contributed by atoms with Gasteiger partial charge in [-0.1, -0.05) is 0 Å². The summed E-state index contributed by atoms with van der Waals surface area (Å²) in [6.07, 6.45) is -1.64. The quantitative estimate of drug-likeness (QED) is 0.472. The zero-order chi connectivity index (χ0) is 16.2. The van der Waals surface area contributed by atoms with Crippen LogP contribution >= 0.6 is 0 Å². The van der Waals surface area contributed by atoms with Crippen LogP contribution in [0.3, 0.4) is 0 Å². The van der Waals surface area contributed by atoms with Crippen molar-refractivity contribution in [2.75, 3.05) is 4.72 Å². The molecule has 1 aromatic carbocycles. The van der Waals surface area contributed by atoms with Crippen LogP contribution in [0.2, 0.25) is 0 Å². The predicted molar refractivity (Wildman–Crippen MR) is 74.7 cm³/mol. The van der Waals surface area contributed by atoms with Crippen LogP contribution < -0.4 is 15.2 Å². The van der Waals surface area contributed by atoms with Crippen molar-refractivity contribution in [1.29, 1.82) is 5.41 Å². The monoisotopic (exact) mass is 318 g/mol. The molecule has 0 saturated carbocycles. The second-order valence-electron chi connectivity index (χ2n) is 4.27. The number of nitrogens with one attached hydrogen (secondary N) is 3. The van der Waals surface area contributed by atoms with E-state index in [-0.39, 0.29) is 11.3 Å². The van der Waals surface area contributed by atoms with E-state index in [4.69, 9.17) is 11.1 Å². The summed E-state index contributed by atoms with van der Waals surface area (Å²) in [7, 11) is -4.24. The highest BCUT2D eigenvalue weighted by Crippen LogP contribution is 2.15. The molecule has 1 rings (SSSR count). The van der Waals surface area contributed by atoms with Gasteiger partial charge in [0.25, 0.3) is 0 Å². The van der Waals surface area contributed by atoms with Crippen molar-refractivity contribution in [3.05, 3.63) is 29.6 Å². The molecule has 0 aromatic heterocycles. The van der Waals surface area contributed by atoms with Crippen LogP contribution in [0.1, 0.15) is 19.4 Å². The predicted octanol–water partition coefficient (Wildman–Crippen LogP) is 0.901. The first-order valence-electron chi connectivity index (χ1n) is 5.76. The molecule has 0 aliphatic heterocycles. The highest BCUT2D eigenvalue weighted by Gasteiger charge is 2.17. The van der Waals surface area contributed by atoms with Gasteiger partial charge in [-0.2, -0.15) is 8.42 Å². The second-order valence-corrected chi connectivity index (χ2v) is 5.69. The Hall–Kier alpha value is -2.36. The number of amides is 1. The fraction of sp³-hybridized carbons (Fsp3) is 0.273. The van der Waals surface area contributed by atoms with E-state index in [2.05, 4.69) is 4.74 Å². The molecule has 0 heterocycles. The lowest BCUT2D eigenvalue weighted by atomic mass is 10.2. The summed E-state index contributed by atoms with van der Waals surface area (Å²) in [5, 5.41) is 7.16. The number of anilines is 1. The average Bonchev–Trinajstić information content (AvgIpc) is 2.28. The number of carbonyl (C=O) groups excluding carboxylic acids is 1. The van der Waals surface area contributed by atoms with Crippen LogP contribution in [0, 0.1) is 11.2 Å². The zero-order valence-corrected chi connectivity index (χ0v) is 12.1. The lowest BCUT2D eigenvalue weighted by Crippen LogP contribution is -2.36. The number of nitrogen functional groups attached to an aromatic ring is 1. The van der Waals surface area contributed by atoms with Crippen molar-refractivity contribution >= 4 is 27.8 Å². The molecule has 0 bridgehead atoms. The van der Waals surface area contributed by atoms with E-state index in [1.165, 1.54) is 0 Å². The molecule has 0 spiro atoms. The summed E-state index contributed by atoms with van der Waals surface area (Å²) in [5.74, 6) is -1.32. The van der Waals surface area contributed by atoms with E-state index >= 15 is 0 Å². The van der Waals surface area contributed by atoms with Gasteiger partial charge in [0.2, 0.25) is 0 Å². The molecule has 0 atom stereocenters. The maximum atomic E-state index is 13.3. The number of nitrogens with two attached hydrogens (primary N) is 1. The molecule has 8 nitrogen and oxygen atoms in total. The van der Waals surface area contributed by atoms with Gasteiger partial charge >= 0.3 is 16.3 Å². The van der Waals surface area contributed by atoms with Gasteiger partial charge in [-0.25, -0.2) is 13.9 Å². The first kappa shape index (κ1) is 16.7. The first-order valence-corrected chi connectivity index (χ1v) is 7.24. The molecule has 0 unspecified atom stereocenters. The van der Waals surface area contributed by atoms with E-state index in [0.717, 1.165) is 18.2 Å². The summed E-state index contributed by atoms with van der Waals surface area (Å²) in [5.41, 5.74) is 4.83. The maximum absolute atomic E-state index is 13.3. The van der Waals surface area contributed by atoms with Crippen molar-refractivity contribution in [2.24, 2.45) is 5.73 Å². The highest BCUT2D eigenvalue weighted by molar-refractivity contribution is 7.91. The largest absolute Gasteiger partial charge is 0.446 e. The fourth-order valence-electron chi connectivity index (χ4n) is 1.32. The normalized spacial score (nSPS) is 11.0. The summed E-state index contributed by atoms with van der Waals surface area (Å²) in [6, 6.07) is 3.10. The van der Waals surface area contributed by atoms with Gasteiger partial charge in [-0.15, -0.1) is 0 Å². The third-order valence-corrected chi connectivity index (χ3v) is 3.01. The topological polar surface area (TPSA) is 134 Å². The molecule has 21 heavy (non-hydrogen) atoms. The van der Waals surface area contributed by atoms with Crippen molar-refractivity contribution in [3.8, 4) is 0 Å². The van der Waals surface area contributed by atoms with Gasteiger partial charge < -0.3 is 10.5 Å². The number of amidine groups is 1. The second kappa shape index (κ2) is 6.39. The minimum Gasteiger partial charge on any atom is -0.446 e. The maximum Gasteiger partial charge on any atom is 0.422 e. The van der Waals surface area contributed by atoms with Crippen LogP contribution in [0.4, 0.5) is 14.9 Å². The van der Waals surface area contributed by atoms with Crippen LogP contribution in [0.25, 0.3) is 0 Å². The van der Waals surface area contributed by atoms with Crippen LogP contribution in [0.15, 0.2) is 18.2 Å². The van der Waals surface area contributed by atoms with Crippen molar-refractivity contribution in [1.82, 2.24) is 4.72 Å². The Balaban J connectivity index is 2.87. The summed E-state index contributed by atoms with van der Waals surface area (Å²) >= 11 is 0. The standard InChI is InChI=1S/C11H15FN4O4S/c1-6(2)20-11(17)16-21(18,19)15-7-3-4-9(12)8(5-7)10(13)14/h3-6,15H,1-2H3,(H3,13,14)(H,16,17). The minimum atomic E-state index is -4.24.